The van der Waals surface area contributed by atoms with Crippen LogP contribution in [0.2, 0.25) is 0 Å². The van der Waals surface area contributed by atoms with Crippen molar-refractivity contribution >= 4 is 17.1 Å². The average Bonchev–Trinajstić information content (AvgIpc) is 2.70. The van der Waals surface area contributed by atoms with Crippen molar-refractivity contribution in [2.45, 2.75) is 77.2 Å². The lowest BCUT2D eigenvalue weighted by Crippen LogP contribution is -2.25. The number of aryl methyl sites for hydroxylation is 1. The molecule has 1 aliphatic carbocycles. The van der Waals surface area contributed by atoms with Crippen molar-refractivity contribution in [3.8, 4) is 11.5 Å². The van der Waals surface area contributed by atoms with E-state index in [1.165, 1.54) is 23.3 Å². The molecule has 164 valence electrons. The van der Waals surface area contributed by atoms with Crippen molar-refractivity contribution in [1.29, 1.82) is 0 Å². The predicted octanol–water partition coefficient (Wildman–Crippen LogP) is 5.55. The number of aromatic hydroxyl groups is 1. The lowest BCUT2D eigenvalue weighted by atomic mass is 9.96. The van der Waals surface area contributed by atoms with Gasteiger partial charge in [-0.1, -0.05) is 39.0 Å². The van der Waals surface area contributed by atoms with Gasteiger partial charge in [-0.25, -0.2) is 0 Å². The fourth-order valence-corrected chi connectivity index (χ4v) is 3.91. The average molecular weight is 424 g/mol. The zero-order valence-corrected chi connectivity index (χ0v) is 17.0. The van der Waals surface area contributed by atoms with E-state index in [-0.39, 0.29) is 28.3 Å². The molecule has 0 spiro atoms. The number of fused-ring (bicyclic) bond motifs is 1. The van der Waals surface area contributed by atoms with E-state index < -0.39 is 12.1 Å². The lowest BCUT2D eigenvalue weighted by molar-refractivity contribution is -0.274. The Morgan fingerprint density at radius 2 is 1.97 bits per heavy atom. The van der Waals surface area contributed by atoms with E-state index in [0.717, 1.165) is 57.1 Å². The highest BCUT2D eigenvalue weighted by Gasteiger charge is 2.31. The van der Waals surface area contributed by atoms with Crippen LogP contribution >= 0.6 is 0 Å². The first-order valence-electron chi connectivity index (χ1n) is 10.5. The van der Waals surface area contributed by atoms with E-state index in [2.05, 4.69) is 9.73 Å². The Bertz CT molecular complexity index is 961. The van der Waals surface area contributed by atoms with Gasteiger partial charge in [0.25, 0.3) is 5.56 Å². The van der Waals surface area contributed by atoms with Gasteiger partial charge < -0.3 is 14.4 Å². The third-order valence-electron chi connectivity index (χ3n) is 5.45. The first kappa shape index (κ1) is 22.2. The molecule has 30 heavy (non-hydrogen) atoms. The Labute approximate surface area is 173 Å². The Kier molecular flexibility index (Phi) is 7.05. The smallest absolute Gasteiger partial charge is 0.506 e. The second kappa shape index (κ2) is 9.53. The number of hydrogen-bond donors (Lipinski definition) is 1. The molecule has 3 rings (SSSR count). The van der Waals surface area contributed by atoms with Gasteiger partial charge in [0.1, 0.15) is 17.1 Å². The van der Waals surface area contributed by atoms with E-state index in [1.807, 2.05) is 6.92 Å². The second-order valence-corrected chi connectivity index (χ2v) is 7.72. The van der Waals surface area contributed by atoms with Crippen molar-refractivity contribution in [3.63, 3.8) is 0 Å². The van der Waals surface area contributed by atoms with Crippen LogP contribution in [0.1, 0.15) is 63.9 Å². The molecule has 1 aromatic heterocycles. The number of unbranched alkanes of at least 4 members (excludes halogenated alkanes) is 2. The zero-order valence-electron chi connectivity index (χ0n) is 17.0. The van der Waals surface area contributed by atoms with Crippen molar-refractivity contribution in [1.82, 2.24) is 4.57 Å². The van der Waals surface area contributed by atoms with Crippen molar-refractivity contribution in [2.75, 3.05) is 0 Å². The monoisotopic (exact) mass is 424 g/mol. The SMILES string of the molecule is CCCCCn1c(=O)c(C=NC2CCCCC2)c(O)c2cc(OC(F)(F)F)ccc21. The van der Waals surface area contributed by atoms with Gasteiger partial charge in [0.05, 0.1) is 5.52 Å². The standard InChI is InChI=1S/C22H27F3N2O3/c1-2-3-7-12-27-19-11-10-16(30-22(23,24)25)13-17(19)20(28)18(21(27)29)14-26-15-8-5-4-6-9-15/h10-11,13-15,28H,2-9,12H2,1H3. The molecular formula is C22H27F3N2O3. The maximum absolute atomic E-state index is 13.1. The lowest BCUT2D eigenvalue weighted by Gasteiger charge is -2.18. The summed E-state index contributed by atoms with van der Waals surface area (Å²) in [6.07, 6.45) is 4.34. The Balaban J connectivity index is 2.08. The van der Waals surface area contributed by atoms with E-state index in [9.17, 15) is 23.1 Å². The van der Waals surface area contributed by atoms with Crippen molar-refractivity contribution in [2.24, 2.45) is 4.99 Å². The largest absolute Gasteiger partial charge is 0.573 e. The summed E-state index contributed by atoms with van der Waals surface area (Å²) in [5.41, 5.74) is -0.00757. The Hall–Kier alpha value is -2.51. The van der Waals surface area contributed by atoms with Crippen LogP contribution in [0.5, 0.6) is 11.5 Å². The topological polar surface area (TPSA) is 63.8 Å². The van der Waals surface area contributed by atoms with Crippen LogP contribution in [0.15, 0.2) is 28.0 Å². The summed E-state index contributed by atoms with van der Waals surface area (Å²) in [7, 11) is 0. The first-order chi connectivity index (χ1) is 14.3. The number of aliphatic imine (C=N–C) groups is 1. The molecule has 1 fully saturated rings. The highest BCUT2D eigenvalue weighted by atomic mass is 19.4. The normalized spacial score (nSPS) is 15.9. The molecule has 1 aromatic carbocycles. The molecule has 0 saturated heterocycles. The Morgan fingerprint density at radius 3 is 2.63 bits per heavy atom. The minimum atomic E-state index is -4.84. The fourth-order valence-electron chi connectivity index (χ4n) is 3.91. The highest BCUT2D eigenvalue weighted by Crippen LogP contribution is 2.32. The minimum Gasteiger partial charge on any atom is -0.506 e. The molecule has 0 amide bonds. The molecule has 5 nitrogen and oxygen atoms in total. The molecule has 0 radical (unpaired) electrons. The van der Waals surface area contributed by atoms with Crippen molar-refractivity contribution in [3.05, 3.63) is 34.1 Å². The van der Waals surface area contributed by atoms with Gasteiger partial charge >= 0.3 is 6.36 Å². The molecule has 0 atom stereocenters. The predicted molar refractivity (Wildman–Crippen MR) is 111 cm³/mol. The number of hydrogen-bond acceptors (Lipinski definition) is 4. The summed E-state index contributed by atoms with van der Waals surface area (Å²) in [5, 5.41) is 10.9. The third kappa shape index (κ3) is 5.34. The first-order valence-corrected chi connectivity index (χ1v) is 10.5. The number of ether oxygens (including phenoxy) is 1. The van der Waals surface area contributed by atoms with Gasteiger partial charge in [-0.15, -0.1) is 13.2 Å². The maximum Gasteiger partial charge on any atom is 0.573 e. The van der Waals surface area contributed by atoms with Crippen LogP contribution < -0.4 is 10.3 Å². The minimum absolute atomic E-state index is 0.00808. The van der Waals surface area contributed by atoms with E-state index in [4.69, 9.17) is 0 Å². The summed E-state index contributed by atoms with van der Waals surface area (Å²) < 4.78 is 43.4. The van der Waals surface area contributed by atoms with E-state index in [1.54, 1.807) is 0 Å². The number of alkyl halides is 3. The second-order valence-electron chi connectivity index (χ2n) is 7.72. The number of rotatable bonds is 7. The molecule has 1 N–H and O–H groups in total. The summed E-state index contributed by atoms with van der Waals surface area (Å²) in [5.74, 6) is -0.812. The summed E-state index contributed by atoms with van der Waals surface area (Å²) >= 11 is 0. The molecule has 1 saturated carbocycles. The molecule has 1 aliphatic rings. The number of benzene rings is 1. The third-order valence-corrected chi connectivity index (χ3v) is 5.45. The van der Waals surface area contributed by atoms with E-state index in [0.29, 0.717) is 12.1 Å². The number of aromatic nitrogens is 1. The highest BCUT2D eigenvalue weighted by molar-refractivity contribution is 5.95. The number of nitrogens with zero attached hydrogens (tertiary/aromatic N) is 2. The molecule has 0 unspecified atom stereocenters. The summed E-state index contributed by atoms with van der Waals surface area (Å²) in [4.78, 5) is 17.6. The van der Waals surface area contributed by atoms with Gasteiger partial charge in [0.2, 0.25) is 0 Å². The molecule has 2 aromatic rings. The van der Waals surface area contributed by atoms with Crippen LogP contribution in [0.4, 0.5) is 13.2 Å². The molecule has 0 aliphatic heterocycles. The quantitative estimate of drug-likeness (QED) is 0.468. The summed E-state index contributed by atoms with van der Waals surface area (Å²) in [6.45, 7) is 2.45. The van der Waals surface area contributed by atoms with Crippen LogP contribution in [-0.2, 0) is 6.54 Å². The van der Waals surface area contributed by atoms with Gasteiger partial charge in [0, 0.05) is 24.2 Å². The van der Waals surface area contributed by atoms with Crippen LogP contribution in [-0.4, -0.2) is 28.3 Å². The number of halogens is 3. The molecule has 0 bridgehead atoms. The molecular weight excluding hydrogens is 397 g/mol. The zero-order chi connectivity index (χ0) is 21.7. The van der Waals surface area contributed by atoms with Gasteiger partial charge in [-0.05, 0) is 37.5 Å². The van der Waals surface area contributed by atoms with Gasteiger partial charge in [0.15, 0.2) is 0 Å². The summed E-state index contributed by atoms with van der Waals surface area (Å²) in [6, 6.07) is 3.75. The van der Waals surface area contributed by atoms with Gasteiger partial charge in [-0.2, -0.15) is 0 Å². The van der Waals surface area contributed by atoms with Crippen LogP contribution in [0.25, 0.3) is 10.9 Å². The molecule has 1 heterocycles. The van der Waals surface area contributed by atoms with Gasteiger partial charge in [-0.3, -0.25) is 9.79 Å². The maximum atomic E-state index is 13.1. The van der Waals surface area contributed by atoms with Crippen LogP contribution in [0, 0.1) is 0 Å². The number of pyridine rings is 1. The Morgan fingerprint density at radius 1 is 1.23 bits per heavy atom. The van der Waals surface area contributed by atoms with E-state index >= 15 is 0 Å². The van der Waals surface area contributed by atoms with Crippen molar-refractivity contribution < 1.29 is 23.0 Å². The fraction of sp³-hybridized carbons (Fsp3) is 0.545. The molecule has 8 heteroatoms. The van der Waals surface area contributed by atoms with Crippen LogP contribution in [0.3, 0.4) is 0 Å².